The number of Topliss-reactive ketones (excluding diaryl/α,β-unsaturated/α-hetero) is 1. The van der Waals surface area contributed by atoms with Crippen molar-refractivity contribution in [2.75, 3.05) is 0 Å². The topological polar surface area (TPSA) is 17.1 Å². The number of carbonyl (C=O) groups is 1. The maximum atomic E-state index is 12.9. The molecule has 1 unspecified atom stereocenters. The molecule has 0 N–H and O–H groups in total. The Bertz CT molecular complexity index is 588. The summed E-state index contributed by atoms with van der Waals surface area (Å²) in [4.78, 5) is 12.9. The van der Waals surface area contributed by atoms with E-state index >= 15 is 0 Å². The third-order valence-electron chi connectivity index (χ3n) is 3.67. The van der Waals surface area contributed by atoms with Crippen molar-refractivity contribution in [3.63, 3.8) is 0 Å². The molecule has 0 saturated heterocycles. The number of rotatable bonds is 4. The minimum Gasteiger partial charge on any atom is -0.293 e. The lowest BCUT2D eigenvalue weighted by atomic mass is 9.78. The molecule has 0 spiro atoms. The number of ketones is 1. The quantitative estimate of drug-likeness (QED) is 0.685. The second-order valence-corrected chi connectivity index (χ2v) is 6.96. The normalized spacial score (nSPS) is 13.0. The highest BCUT2D eigenvalue weighted by molar-refractivity contribution is 6.01. The lowest BCUT2D eigenvalue weighted by Crippen LogP contribution is -2.20. The summed E-state index contributed by atoms with van der Waals surface area (Å²) in [5.41, 5.74) is 3.20. The maximum Gasteiger partial charge on any atom is 0.170 e. The van der Waals surface area contributed by atoms with Crippen LogP contribution in [0.2, 0.25) is 0 Å². The number of hydrogen-bond acceptors (Lipinski definition) is 1. The average Bonchev–Trinajstić information content (AvgIpc) is 2.45. The van der Waals surface area contributed by atoms with E-state index in [-0.39, 0.29) is 17.1 Å². The Morgan fingerprint density at radius 1 is 0.952 bits per heavy atom. The molecule has 21 heavy (non-hydrogen) atoms. The minimum absolute atomic E-state index is 0.0751. The van der Waals surface area contributed by atoms with Gasteiger partial charge in [0, 0.05) is 11.5 Å². The van der Waals surface area contributed by atoms with Crippen molar-refractivity contribution < 1.29 is 4.79 Å². The highest BCUT2D eigenvalue weighted by atomic mass is 16.1. The number of benzene rings is 2. The lowest BCUT2D eigenvalue weighted by Gasteiger charge is -2.25. The van der Waals surface area contributed by atoms with Gasteiger partial charge in [-0.3, -0.25) is 4.79 Å². The van der Waals surface area contributed by atoms with Gasteiger partial charge in [-0.2, -0.15) is 0 Å². The van der Waals surface area contributed by atoms with Gasteiger partial charge in [0.1, 0.15) is 0 Å². The molecule has 2 rings (SSSR count). The molecule has 0 aliphatic heterocycles. The molecule has 0 saturated carbocycles. The van der Waals surface area contributed by atoms with Gasteiger partial charge in [0.25, 0.3) is 0 Å². The fraction of sp³-hybridized carbons (Fsp3) is 0.350. The summed E-state index contributed by atoms with van der Waals surface area (Å²) in [5, 5.41) is 0. The third kappa shape index (κ3) is 4.29. The van der Waals surface area contributed by atoms with Gasteiger partial charge in [-0.15, -0.1) is 0 Å². The first kappa shape index (κ1) is 15.5. The smallest absolute Gasteiger partial charge is 0.170 e. The molecule has 2 aromatic carbocycles. The molecule has 0 radical (unpaired) electrons. The zero-order valence-electron chi connectivity index (χ0n) is 13.4. The molecular formula is C20H24O. The van der Waals surface area contributed by atoms with E-state index in [2.05, 4.69) is 32.9 Å². The second-order valence-electron chi connectivity index (χ2n) is 6.96. The van der Waals surface area contributed by atoms with Crippen LogP contribution in [-0.2, 0) is 0 Å². The van der Waals surface area contributed by atoms with E-state index in [0.717, 1.165) is 17.5 Å². The monoisotopic (exact) mass is 280 g/mol. The summed E-state index contributed by atoms with van der Waals surface area (Å²) < 4.78 is 0. The molecule has 0 heterocycles. The van der Waals surface area contributed by atoms with E-state index in [9.17, 15) is 4.79 Å². The Morgan fingerprint density at radius 2 is 1.52 bits per heavy atom. The first-order valence-corrected chi connectivity index (χ1v) is 7.53. The predicted octanol–water partition coefficient (Wildman–Crippen LogP) is 5.40. The van der Waals surface area contributed by atoms with Crippen LogP contribution in [0.3, 0.4) is 0 Å². The Morgan fingerprint density at radius 3 is 2.05 bits per heavy atom. The fourth-order valence-electron chi connectivity index (χ4n) is 2.58. The zero-order chi connectivity index (χ0) is 15.5. The molecule has 0 bridgehead atoms. The van der Waals surface area contributed by atoms with Gasteiger partial charge in [0.05, 0.1) is 0 Å². The van der Waals surface area contributed by atoms with Crippen molar-refractivity contribution in [2.45, 2.75) is 40.0 Å². The Hall–Kier alpha value is -1.89. The van der Waals surface area contributed by atoms with Crippen LogP contribution < -0.4 is 0 Å². The molecule has 0 aromatic heterocycles. The largest absolute Gasteiger partial charge is 0.293 e. The summed E-state index contributed by atoms with van der Waals surface area (Å²) in [6, 6.07) is 18.0. The van der Waals surface area contributed by atoms with E-state index in [0.29, 0.717) is 0 Å². The maximum absolute atomic E-state index is 12.9. The lowest BCUT2D eigenvalue weighted by molar-refractivity contribution is 0.0935. The summed E-state index contributed by atoms with van der Waals surface area (Å²) in [7, 11) is 0. The molecule has 0 fully saturated rings. The van der Waals surface area contributed by atoms with E-state index in [1.54, 1.807) is 0 Å². The highest BCUT2D eigenvalue weighted by Gasteiger charge is 2.27. The molecule has 0 aliphatic carbocycles. The number of hydrogen-bond donors (Lipinski definition) is 0. The van der Waals surface area contributed by atoms with Crippen molar-refractivity contribution in [3.05, 3.63) is 71.3 Å². The zero-order valence-corrected chi connectivity index (χ0v) is 13.4. The first-order chi connectivity index (χ1) is 9.87. The van der Waals surface area contributed by atoms with E-state index < -0.39 is 0 Å². The van der Waals surface area contributed by atoms with Crippen molar-refractivity contribution in [3.8, 4) is 0 Å². The van der Waals surface area contributed by atoms with Gasteiger partial charge in [-0.05, 0) is 24.3 Å². The van der Waals surface area contributed by atoms with Crippen molar-refractivity contribution in [1.82, 2.24) is 0 Å². The van der Waals surface area contributed by atoms with Crippen molar-refractivity contribution in [2.24, 2.45) is 5.41 Å². The van der Waals surface area contributed by atoms with Gasteiger partial charge in [-0.25, -0.2) is 0 Å². The summed E-state index contributed by atoms with van der Waals surface area (Å²) in [5.74, 6) is 0.144. The molecule has 1 nitrogen and oxygen atoms in total. The SMILES string of the molecule is Cc1ccc(C(=O)C(CC(C)(C)C)c2ccccc2)cc1. The summed E-state index contributed by atoms with van der Waals surface area (Å²) >= 11 is 0. The fourth-order valence-corrected chi connectivity index (χ4v) is 2.58. The van der Waals surface area contributed by atoms with Crippen LogP contribution in [0.5, 0.6) is 0 Å². The van der Waals surface area contributed by atoms with Gasteiger partial charge < -0.3 is 0 Å². The second kappa shape index (κ2) is 6.26. The van der Waals surface area contributed by atoms with Crippen LogP contribution in [0.1, 0.15) is 54.6 Å². The van der Waals surface area contributed by atoms with Gasteiger partial charge in [0.2, 0.25) is 0 Å². The Kier molecular flexibility index (Phi) is 4.62. The van der Waals surface area contributed by atoms with Crippen molar-refractivity contribution >= 4 is 5.78 Å². The molecule has 1 heteroatoms. The van der Waals surface area contributed by atoms with Gasteiger partial charge in [0.15, 0.2) is 5.78 Å². The van der Waals surface area contributed by atoms with Crippen LogP contribution in [0.4, 0.5) is 0 Å². The summed E-state index contributed by atoms with van der Waals surface area (Å²) in [6.45, 7) is 8.60. The molecule has 2 aromatic rings. The van der Waals surface area contributed by atoms with Crippen LogP contribution >= 0.6 is 0 Å². The standard InChI is InChI=1S/C20H24O/c1-15-10-12-17(13-11-15)19(21)18(14-20(2,3)4)16-8-6-5-7-9-16/h5-13,18H,14H2,1-4H3. The van der Waals surface area contributed by atoms with E-state index in [4.69, 9.17) is 0 Å². The number of aryl methyl sites for hydroxylation is 1. The highest BCUT2D eigenvalue weighted by Crippen LogP contribution is 2.33. The predicted molar refractivity (Wildman–Crippen MR) is 88.8 cm³/mol. The molecular weight excluding hydrogens is 256 g/mol. The third-order valence-corrected chi connectivity index (χ3v) is 3.67. The van der Waals surface area contributed by atoms with Crippen LogP contribution in [0.15, 0.2) is 54.6 Å². The molecule has 0 amide bonds. The first-order valence-electron chi connectivity index (χ1n) is 7.53. The molecule has 0 aliphatic rings. The van der Waals surface area contributed by atoms with Crippen LogP contribution in [0, 0.1) is 12.3 Å². The van der Waals surface area contributed by atoms with Crippen molar-refractivity contribution in [1.29, 1.82) is 0 Å². The average molecular weight is 280 g/mol. The van der Waals surface area contributed by atoms with Crippen LogP contribution in [-0.4, -0.2) is 5.78 Å². The Balaban J connectivity index is 2.35. The van der Waals surface area contributed by atoms with Gasteiger partial charge in [-0.1, -0.05) is 80.9 Å². The van der Waals surface area contributed by atoms with E-state index in [1.807, 2.05) is 49.4 Å². The Labute approximate surface area is 128 Å². The molecule has 110 valence electrons. The number of carbonyl (C=O) groups excluding carboxylic acids is 1. The summed E-state index contributed by atoms with van der Waals surface area (Å²) in [6.07, 6.45) is 0.851. The van der Waals surface area contributed by atoms with Gasteiger partial charge >= 0.3 is 0 Å². The van der Waals surface area contributed by atoms with E-state index in [1.165, 1.54) is 5.56 Å². The molecule has 1 atom stereocenters. The minimum atomic E-state index is -0.0751. The van der Waals surface area contributed by atoms with Crippen LogP contribution in [0.25, 0.3) is 0 Å².